The second kappa shape index (κ2) is 22.5. The van der Waals surface area contributed by atoms with Crippen LogP contribution < -0.4 is 10.6 Å². The average molecular weight is 1280 g/mol. The van der Waals surface area contributed by atoms with E-state index < -0.39 is 0 Å². The molecule has 0 radical (unpaired) electrons. The fourth-order valence-corrected chi connectivity index (χ4v) is 14.1. The Morgan fingerprint density at radius 3 is 1.02 bits per heavy atom. The lowest BCUT2D eigenvalue weighted by Gasteiger charge is -2.26. The van der Waals surface area contributed by atoms with Gasteiger partial charge in [-0.15, -0.1) is 0 Å². The molecule has 7 aromatic rings. The number of aliphatic hydroxyl groups excluding tert-OH is 2. The van der Waals surface area contributed by atoms with Crippen molar-refractivity contribution in [2.45, 2.75) is 186 Å². The minimum Gasteiger partial charge on any atom is -0.496 e. The lowest BCUT2D eigenvalue weighted by molar-refractivity contribution is -0.118. The van der Waals surface area contributed by atoms with Crippen LogP contribution in [-0.2, 0) is 31.2 Å². The summed E-state index contributed by atoms with van der Waals surface area (Å²) in [6.07, 6.45) is 11.4. The Morgan fingerprint density at radius 2 is 0.698 bits per heavy atom. The molecule has 13 rings (SSSR count). The Balaban J connectivity index is 1.22. The van der Waals surface area contributed by atoms with Gasteiger partial charge >= 0.3 is 0 Å². The lowest BCUT2D eigenvalue weighted by Crippen LogP contribution is -2.19. The van der Waals surface area contributed by atoms with Crippen LogP contribution in [0.3, 0.4) is 0 Å². The van der Waals surface area contributed by atoms with E-state index in [-0.39, 0.29) is 90.6 Å². The number of amides is 2. The summed E-state index contributed by atoms with van der Waals surface area (Å²) in [5.74, 6) is -0.685. The van der Waals surface area contributed by atoms with Gasteiger partial charge in [-0.25, -0.2) is 20.0 Å². The number of fused-ring (bicyclic) bond motifs is 8. The van der Waals surface area contributed by atoms with Crippen LogP contribution in [-0.4, -0.2) is 53.8 Å². The maximum atomic E-state index is 14.6. The first-order valence-corrected chi connectivity index (χ1v) is 34.6. The van der Waals surface area contributed by atoms with E-state index in [1.54, 1.807) is 0 Å². The molecule has 498 valence electrons. The molecule has 3 aromatic heterocycles. The first-order chi connectivity index (χ1) is 44.7. The summed E-state index contributed by atoms with van der Waals surface area (Å²) in [5, 5.41) is 31.0. The number of nitrogens with zero attached hydrogens (tertiary/aromatic N) is 4. The number of aliphatic hydroxyl groups is 2. The number of hydrogen-bond acceptors (Lipinski definition) is 6. The summed E-state index contributed by atoms with van der Waals surface area (Å²) in [4.78, 5) is 59.3. The Morgan fingerprint density at radius 1 is 0.406 bits per heavy atom. The monoisotopic (exact) mass is 1280 g/mol. The van der Waals surface area contributed by atoms with Crippen LogP contribution in [0.4, 0.5) is 22.7 Å². The minimum absolute atomic E-state index is 0.0510. The number of nitrogens with one attached hydrogen (secondary N) is 4. The van der Waals surface area contributed by atoms with Crippen LogP contribution in [0, 0.1) is 45.3 Å². The Bertz CT molecular complexity index is 4560. The number of aromatic amines is 2. The molecule has 6 N–H and O–H groups in total. The fourth-order valence-electron chi connectivity index (χ4n) is 14.1. The molecule has 0 spiro atoms. The second-order valence-corrected chi connectivity index (χ2v) is 35.4. The minimum atomic E-state index is -0.245. The van der Waals surface area contributed by atoms with E-state index in [1.807, 2.05) is 36.4 Å². The zero-order valence-corrected chi connectivity index (χ0v) is 60.2. The van der Waals surface area contributed by atoms with Gasteiger partial charge in [-0.05, 0) is 175 Å². The maximum absolute atomic E-state index is 14.6. The molecule has 0 unspecified atom stereocenters. The highest BCUT2D eigenvalue weighted by Crippen LogP contribution is 2.57. The van der Waals surface area contributed by atoms with Crippen LogP contribution in [0.15, 0.2) is 107 Å². The zero-order valence-electron chi connectivity index (χ0n) is 60.2. The molecule has 2 aliphatic heterocycles. The Hall–Kier alpha value is -8.64. The number of carbonyl (C=O) groups excluding carboxylic acids is 2. The van der Waals surface area contributed by atoms with Crippen molar-refractivity contribution in [3.8, 4) is 44.5 Å². The molecular formula is C84H98N8O4. The van der Waals surface area contributed by atoms with Crippen LogP contribution in [0.1, 0.15) is 209 Å². The topological polar surface area (TPSA) is 181 Å². The van der Waals surface area contributed by atoms with E-state index in [1.165, 1.54) is 11.1 Å². The molecular weight excluding hydrogens is 1180 g/mol. The largest absolute Gasteiger partial charge is 0.496 e. The van der Waals surface area contributed by atoms with Gasteiger partial charge in [0.25, 0.3) is 0 Å². The molecule has 4 aliphatic carbocycles. The lowest BCUT2D eigenvalue weighted by atomic mass is 9.78. The van der Waals surface area contributed by atoms with E-state index >= 15 is 0 Å². The van der Waals surface area contributed by atoms with E-state index in [0.29, 0.717) is 78.8 Å². The summed E-state index contributed by atoms with van der Waals surface area (Å²) >= 11 is 0. The quantitative estimate of drug-likeness (QED) is 0.0523. The third-order valence-corrected chi connectivity index (χ3v) is 21.5. The molecule has 4 atom stereocenters. The number of aromatic nitrogens is 4. The predicted molar refractivity (Wildman–Crippen MR) is 400 cm³/mol. The van der Waals surface area contributed by atoms with E-state index in [4.69, 9.17) is 20.0 Å². The fraction of sp³-hybridized carbons (Fsp3) is 0.429. The van der Waals surface area contributed by atoms with Gasteiger partial charge in [0.15, 0.2) is 11.8 Å². The molecule has 12 nitrogen and oxygen atoms in total. The zero-order chi connectivity index (χ0) is 69.1. The van der Waals surface area contributed by atoms with Gasteiger partial charge in [0, 0.05) is 79.1 Å². The maximum Gasteiger partial charge on any atom is 0.228 e. The smallest absolute Gasteiger partial charge is 0.228 e. The van der Waals surface area contributed by atoms with Gasteiger partial charge in [0.1, 0.15) is 0 Å². The Labute approximate surface area is 567 Å². The van der Waals surface area contributed by atoms with Crippen LogP contribution in [0.5, 0.6) is 0 Å². The summed E-state index contributed by atoms with van der Waals surface area (Å²) in [6.45, 7) is 44.1. The average Bonchev–Trinajstić information content (AvgIpc) is 1.74. The van der Waals surface area contributed by atoms with Crippen LogP contribution in [0.25, 0.3) is 90.9 Å². The highest BCUT2D eigenvalue weighted by atomic mass is 16.3. The highest BCUT2D eigenvalue weighted by Gasteiger charge is 2.53. The van der Waals surface area contributed by atoms with E-state index in [2.05, 4.69) is 244 Å². The van der Waals surface area contributed by atoms with Crippen molar-refractivity contribution in [1.82, 2.24) is 19.9 Å². The summed E-state index contributed by atoms with van der Waals surface area (Å²) in [6, 6.07) is 33.9. The van der Waals surface area contributed by atoms with Crippen LogP contribution in [0.2, 0.25) is 0 Å². The van der Waals surface area contributed by atoms with Crippen molar-refractivity contribution in [3.63, 3.8) is 0 Å². The van der Waals surface area contributed by atoms with Gasteiger partial charge in [-0.3, -0.25) is 9.59 Å². The SMILES string of the molecule is CC(C)(C)c1cc(-c2c3nc(c(-c4c(N=C(O)[C@H]5CC5(C)C)cccc4N=C(O)[C@H]4CC4(C)C)c4ccc([nH]4)c(-c4cc(C(C)(C)C)cc(C(C)(C)C)c4)c4ccc([nH]4)c(-c4c(NC(=O)[C@H]5CC5(C)C)cccc4NC(=O)[C@H]4CC4(C)C)c4nc2C=C4)C=C3)cc(C(C)(C)C)c1. The van der Waals surface area contributed by atoms with Crippen molar-refractivity contribution < 1.29 is 19.8 Å². The number of H-pyrrole nitrogens is 2. The molecule has 4 aromatic carbocycles. The van der Waals surface area contributed by atoms with Crippen molar-refractivity contribution in [2.24, 2.45) is 55.3 Å². The number of anilines is 2. The van der Waals surface area contributed by atoms with E-state index in [9.17, 15) is 19.8 Å². The molecule has 6 aliphatic rings. The number of hydrogen-bond donors (Lipinski definition) is 6. The molecule has 12 heteroatoms. The number of aliphatic imine (C=N–C) groups is 2. The van der Waals surface area contributed by atoms with Gasteiger partial charge in [-0.1, -0.05) is 187 Å². The summed E-state index contributed by atoms with van der Waals surface area (Å²) in [7, 11) is 0. The summed E-state index contributed by atoms with van der Waals surface area (Å²) in [5.41, 5.74) is 17.0. The first kappa shape index (κ1) is 66.0. The molecule has 8 bridgehead atoms. The van der Waals surface area contributed by atoms with Gasteiger partial charge in [0.2, 0.25) is 11.8 Å². The molecule has 4 saturated carbocycles. The Kier molecular flexibility index (Phi) is 15.4. The highest BCUT2D eigenvalue weighted by molar-refractivity contribution is 6.10. The standard InChI is InChI=1S/C84H98N8O4/c1-77(2,3)47-35-45(36-48(39-47)78(4,5)6)67-59-27-31-63(85-59)71(69-55(89-73(93)51-41-81(51,13)14)23-21-24-56(69)90-74(94)52-42-82(52,15)16)65-33-29-61(87-65)68(46-37-49(79(7,8)9)40-50(38-46)80(10,11)12)62-30-34-66(88-62)72(64-32-28-60(67)86-64)70-57(91-75(95)53-43-83(53,17)18)25-22-26-58(70)92-76(96)54-44-84(54,19)20/h21-40,51-54,85-86H,41-44H2,1-20H3,(H,89,93)(H,90,94)(H,91,95)(H,92,96)/t51-,52-,53-,54-/m1/s1. The number of rotatable bonds is 12. The normalized spacial score (nSPS) is 20.7. The molecule has 4 fully saturated rings. The van der Waals surface area contributed by atoms with E-state index in [0.717, 1.165) is 70.1 Å². The first-order valence-electron chi connectivity index (χ1n) is 34.6. The van der Waals surface area contributed by atoms with Crippen molar-refractivity contribution in [2.75, 3.05) is 10.6 Å². The van der Waals surface area contributed by atoms with Crippen LogP contribution >= 0.6 is 0 Å². The number of carbonyl (C=O) groups is 2. The van der Waals surface area contributed by atoms with Gasteiger partial charge in [-0.2, -0.15) is 0 Å². The molecule has 5 heterocycles. The van der Waals surface area contributed by atoms with Gasteiger partial charge < -0.3 is 30.8 Å². The summed E-state index contributed by atoms with van der Waals surface area (Å²) < 4.78 is 0. The predicted octanol–water partition coefficient (Wildman–Crippen LogP) is 21.8. The molecule has 96 heavy (non-hydrogen) atoms. The van der Waals surface area contributed by atoms with Gasteiger partial charge in [0.05, 0.1) is 45.5 Å². The molecule has 2 amide bonds. The van der Waals surface area contributed by atoms with Crippen molar-refractivity contribution in [3.05, 3.63) is 142 Å². The third-order valence-electron chi connectivity index (χ3n) is 21.5. The number of benzene rings is 4. The van der Waals surface area contributed by atoms with Crippen molar-refractivity contribution >= 4 is 92.7 Å². The molecule has 0 saturated heterocycles. The second-order valence-electron chi connectivity index (χ2n) is 35.4. The third kappa shape index (κ3) is 12.6. The van der Waals surface area contributed by atoms with Crippen molar-refractivity contribution in [1.29, 1.82) is 0 Å².